The highest BCUT2D eigenvalue weighted by molar-refractivity contribution is 5.80. The van der Waals surface area contributed by atoms with Crippen LogP contribution in [0, 0.1) is 0 Å². The first-order chi connectivity index (χ1) is 10.7. The van der Waals surface area contributed by atoms with Crippen LogP contribution in [0.15, 0.2) is 48.5 Å². The van der Waals surface area contributed by atoms with Crippen LogP contribution in [0.4, 0.5) is 0 Å². The molecule has 4 nitrogen and oxygen atoms in total. The normalized spacial score (nSPS) is 17.8. The molecule has 1 aliphatic heterocycles. The lowest BCUT2D eigenvalue weighted by Crippen LogP contribution is -2.48. The summed E-state index contributed by atoms with van der Waals surface area (Å²) in [5.74, 6) is 0.564. The van der Waals surface area contributed by atoms with Crippen molar-refractivity contribution in [3.63, 3.8) is 0 Å². The van der Waals surface area contributed by atoms with Crippen molar-refractivity contribution in [2.45, 2.75) is 25.6 Å². The molecule has 3 rings (SSSR count). The average Bonchev–Trinajstić information content (AvgIpc) is 2.54. The van der Waals surface area contributed by atoms with Crippen molar-refractivity contribution >= 4 is 5.91 Å². The van der Waals surface area contributed by atoms with E-state index in [0.29, 0.717) is 13.0 Å². The van der Waals surface area contributed by atoms with E-state index in [1.165, 1.54) is 11.1 Å². The number of methoxy groups -OCH3 is 1. The molecular weight excluding hydrogens is 276 g/mol. The van der Waals surface area contributed by atoms with E-state index in [4.69, 9.17) is 10.5 Å². The molecule has 0 fully saturated rings. The smallest absolute Gasteiger partial charge is 0.235 e. The highest BCUT2D eigenvalue weighted by atomic mass is 16.5. The van der Waals surface area contributed by atoms with Gasteiger partial charge in [0.05, 0.1) is 13.2 Å². The van der Waals surface area contributed by atoms with Gasteiger partial charge in [0.15, 0.2) is 0 Å². The van der Waals surface area contributed by atoms with Crippen LogP contribution in [0.1, 0.15) is 16.7 Å². The second-order valence-electron chi connectivity index (χ2n) is 5.61. The molecule has 114 valence electrons. The Balaban J connectivity index is 1.89. The molecule has 0 aliphatic carbocycles. The standard InChI is InChI=1S/C18H20N2O2/c1-22-17-9-5-4-8-15(17)12-20-11-14-7-3-2-6-13(14)10-16(20)18(19)21/h2-9,16H,10-12H2,1H3,(H2,19,21)/t16-/m1/s1. The van der Waals surface area contributed by atoms with Gasteiger partial charge in [-0.05, 0) is 23.6 Å². The summed E-state index contributed by atoms with van der Waals surface area (Å²) < 4.78 is 5.41. The number of hydrogen-bond donors (Lipinski definition) is 1. The second kappa shape index (κ2) is 6.20. The largest absolute Gasteiger partial charge is 0.496 e. The summed E-state index contributed by atoms with van der Waals surface area (Å²) >= 11 is 0. The molecule has 1 amide bonds. The highest BCUT2D eigenvalue weighted by Crippen LogP contribution is 2.27. The van der Waals surface area contributed by atoms with Gasteiger partial charge in [-0.3, -0.25) is 9.69 Å². The molecule has 1 heterocycles. The summed E-state index contributed by atoms with van der Waals surface area (Å²) in [5, 5.41) is 0. The van der Waals surface area contributed by atoms with Gasteiger partial charge in [0.1, 0.15) is 5.75 Å². The van der Waals surface area contributed by atoms with E-state index in [9.17, 15) is 4.79 Å². The van der Waals surface area contributed by atoms with Crippen molar-refractivity contribution < 1.29 is 9.53 Å². The molecule has 0 aromatic heterocycles. The number of primary amides is 1. The third-order valence-electron chi connectivity index (χ3n) is 4.24. The van der Waals surface area contributed by atoms with E-state index in [2.05, 4.69) is 17.0 Å². The number of nitrogens with zero attached hydrogens (tertiary/aromatic N) is 1. The lowest BCUT2D eigenvalue weighted by molar-refractivity contribution is -0.124. The molecule has 1 aliphatic rings. The van der Waals surface area contributed by atoms with Gasteiger partial charge in [0.25, 0.3) is 0 Å². The number of ether oxygens (including phenoxy) is 1. The van der Waals surface area contributed by atoms with E-state index in [1.54, 1.807) is 7.11 Å². The fourth-order valence-corrected chi connectivity index (χ4v) is 3.08. The summed E-state index contributed by atoms with van der Waals surface area (Å²) in [5.41, 5.74) is 9.16. The summed E-state index contributed by atoms with van der Waals surface area (Å²) in [6.07, 6.45) is 0.667. The minimum atomic E-state index is -0.278. The van der Waals surface area contributed by atoms with E-state index in [-0.39, 0.29) is 11.9 Å². The molecule has 2 aromatic rings. The number of hydrogen-bond acceptors (Lipinski definition) is 3. The maximum atomic E-state index is 11.9. The first kappa shape index (κ1) is 14.6. The number of para-hydroxylation sites is 1. The summed E-state index contributed by atoms with van der Waals surface area (Å²) in [4.78, 5) is 14.0. The number of carbonyl (C=O) groups is 1. The Bertz CT molecular complexity index is 684. The number of fused-ring (bicyclic) bond motifs is 1. The first-order valence-electron chi connectivity index (χ1n) is 7.41. The van der Waals surface area contributed by atoms with Crippen molar-refractivity contribution in [3.05, 3.63) is 65.2 Å². The Morgan fingerprint density at radius 2 is 1.86 bits per heavy atom. The average molecular weight is 296 g/mol. The third-order valence-corrected chi connectivity index (χ3v) is 4.24. The van der Waals surface area contributed by atoms with Crippen LogP contribution in [0.5, 0.6) is 5.75 Å². The molecule has 0 spiro atoms. The van der Waals surface area contributed by atoms with Crippen LogP contribution in [-0.4, -0.2) is 24.0 Å². The molecule has 2 N–H and O–H groups in total. The van der Waals surface area contributed by atoms with Crippen LogP contribution in [-0.2, 0) is 24.3 Å². The van der Waals surface area contributed by atoms with E-state index >= 15 is 0 Å². The zero-order valence-electron chi connectivity index (χ0n) is 12.7. The summed E-state index contributed by atoms with van der Waals surface area (Å²) in [7, 11) is 1.66. The quantitative estimate of drug-likeness (QED) is 0.940. The highest BCUT2D eigenvalue weighted by Gasteiger charge is 2.30. The van der Waals surface area contributed by atoms with E-state index < -0.39 is 0 Å². The summed E-state index contributed by atoms with van der Waals surface area (Å²) in [6.45, 7) is 1.37. The Morgan fingerprint density at radius 1 is 1.18 bits per heavy atom. The van der Waals surface area contributed by atoms with Crippen LogP contribution >= 0.6 is 0 Å². The predicted molar refractivity (Wildman–Crippen MR) is 85.4 cm³/mol. The molecule has 0 unspecified atom stereocenters. The zero-order chi connectivity index (χ0) is 15.5. The van der Waals surface area contributed by atoms with Crippen molar-refractivity contribution in [2.75, 3.05) is 7.11 Å². The molecule has 0 bridgehead atoms. The van der Waals surface area contributed by atoms with E-state index in [1.807, 2.05) is 36.4 Å². The van der Waals surface area contributed by atoms with Gasteiger partial charge in [-0.25, -0.2) is 0 Å². The van der Waals surface area contributed by atoms with Crippen LogP contribution in [0.2, 0.25) is 0 Å². The van der Waals surface area contributed by atoms with Gasteiger partial charge >= 0.3 is 0 Å². The zero-order valence-corrected chi connectivity index (χ0v) is 12.7. The lowest BCUT2D eigenvalue weighted by atomic mass is 9.93. The van der Waals surface area contributed by atoms with E-state index in [0.717, 1.165) is 17.9 Å². The summed E-state index contributed by atoms with van der Waals surface area (Å²) in [6, 6.07) is 15.8. The van der Waals surface area contributed by atoms with Crippen LogP contribution in [0.25, 0.3) is 0 Å². The number of benzene rings is 2. The fourth-order valence-electron chi connectivity index (χ4n) is 3.08. The maximum Gasteiger partial charge on any atom is 0.235 e. The number of rotatable bonds is 4. The number of nitrogens with two attached hydrogens (primary N) is 1. The maximum absolute atomic E-state index is 11.9. The Morgan fingerprint density at radius 3 is 2.59 bits per heavy atom. The van der Waals surface area contributed by atoms with Crippen molar-refractivity contribution in [1.29, 1.82) is 0 Å². The monoisotopic (exact) mass is 296 g/mol. The minimum absolute atomic E-state index is 0.274. The molecule has 0 saturated carbocycles. The molecule has 0 radical (unpaired) electrons. The second-order valence-corrected chi connectivity index (χ2v) is 5.61. The topological polar surface area (TPSA) is 55.6 Å². The number of carbonyl (C=O) groups excluding carboxylic acids is 1. The number of amides is 1. The van der Waals surface area contributed by atoms with Crippen LogP contribution < -0.4 is 10.5 Å². The molecule has 4 heteroatoms. The lowest BCUT2D eigenvalue weighted by Gasteiger charge is -2.35. The fraction of sp³-hybridized carbons (Fsp3) is 0.278. The Kier molecular flexibility index (Phi) is 4.11. The van der Waals surface area contributed by atoms with Crippen molar-refractivity contribution in [2.24, 2.45) is 5.73 Å². The Hall–Kier alpha value is -2.33. The van der Waals surface area contributed by atoms with Gasteiger partial charge < -0.3 is 10.5 Å². The first-order valence-corrected chi connectivity index (χ1v) is 7.41. The molecule has 22 heavy (non-hydrogen) atoms. The third kappa shape index (κ3) is 2.83. The molecule has 0 saturated heterocycles. The predicted octanol–water partition coefficient (Wildman–Crippen LogP) is 2.11. The van der Waals surface area contributed by atoms with Gasteiger partial charge in [-0.15, -0.1) is 0 Å². The minimum Gasteiger partial charge on any atom is -0.496 e. The SMILES string of the molecule is COc1ccccc1CN1Cc2ccccc2C[C@@H]1C(N)=O. The molecule has 2 aromatic carbocycles. The molecule has 1 atom stereocenters. The van der Waals surface area contributed by atoms with Gasteiger partial charge in [-0.2, -0.15) is 0 Å². The molecular formula is C18H20N2O2. The van der Waals surface area contributed by atoms with Crippen molar-refractivity contribution in [1.82, 2.24) is 4.90 Å². The van der Waals surface area contributed by atoms with Gasteiger partial charge in [0, 0.05) is 18.7 Å². The Labute approximate surface area is 130 Å². The van der Waals surface area contributed by atoms with Gasteiger partial charge in [0.2, 0.25) is 5.91 Å². The van der Waals surface area contributed by atoms with Crippen molar-refractivity contribution in [3.8, 4) is 5.75 Å². The van der Waals surface area contributed by atoms with Crippen LogP contribution in [0.3, 0.4) is 0 Å². The van der Waals surface area contributed by atoms with Gasteiger partial charge in [-0.1, -0.05) is 42.5 Å².